The van der Waals surface area contributed by atoms with Crippen LogP contribution in [0.2, 0.25) is 0 Å². The lowest BCUT2D eigenvalue weighted by atomic mass is 10.2. The Balaban J connectivity index is 1.67. The zero-order valence-corrected chi connectivity index (χ0v) is 15.0. The standard InChI is InChI=1S/C18H24N4OS/c1-19-18(22(2)14-15-8-4-3-5-9-15)21-12-7-11-20-17(23)16-10-6-13-24-16/h3-6,8-10,13H,7,11-12,14H2,1-2H3,(H,19,21)(H,20,23). The van der Waals surface area contributed by atoms with E-state index in [0.29, 0.717) is 6.54 Å². The summed E-state index contributed by atoms with van der Waals surface area (Å²) < 4.78 is 0. The quantitative estimate of drug-likeness (QED) is 0.461. The SMILES string of the molecule is CN=C(NCCCNC(=O)c1cccs1)N(C)Cc1ccccc1. The molecule has 0 aliphatic heterocycles. The van der Waals surface area contributed by atoms with Gasteiger partial charge in [0.25, 0.3) is 5.91 Å². The highest BCUT2D eigenvalue weighted by molar-refractivity contribution is 7.12. The highest BCUT2D eigenvalue weighted by Gasteiger charge is 2.07. The zero-order chi connectivity index (χ0) is 17.2. The second-order valence-electron chi connectivity index (χ2n) is 5.40. The first kappa shape index (κ1) is 18.0. The predicted octanol–water partition coefficient (Wildman–Crippen LogP) is 2.58. The topological polar surface area (TPSA) is 56.7 Å². The Morgan fingerprint density at radius 1 is 1.12 bits per heavy atom. The molecule has 0 fully saturated rings. The van der Waals surface area contributed by atoms with E-state index in [0.717, 1.165) is 30.3 Å². The molecule has 0 bridgehead atoms. The van der Waals surface area contributed by atoms with Crippen LogP contribution in [0.4, 0.5) is 0 Å². The van der Waals surface area contributed by atoms with Crippen LogP contribution in [0, 0.1) is 0 Å². The Bertz CT molecular complexity index is 640. The summed E-state index contributed by atoms with van der Waals surface area (Å²) in [5, 5.41) is 8.15. The summed E-state index contributed by atoms with van der Waals surface area (Å²) in [5.74, 6) is 0.846. The van der Waals surface area contributed by atoms with Gasteiger partial charge in [-0.15, -0.1) is 11.3 Å². The van der Waals surface area contributed by atoms with Gasteiger partial charge < -0.3 is 15.5 Å². The minimum Gasteiger partial charge on any atom is -0.356 e. The molecule has 1 amide bonds. The minimum atomic E-state index is -0.00409. The fraction of sp³-hybridized carbons (Fsp3) is 0.333. The van der Waals surface area contributed by atoms with E-state index in [9.17, 15) is 4.79 Å². The molecule has 6 heteroatoms. The third-order valence-corrected chi connectivity index (χ3v) is 4.37. The highest BCUT2D eigenvalue weighted by Crippen LogP contribution is 2.07. The number of aliphatic imine (C=N–C) groups is 1. The monoisotopic (exact) mass is 344 g/mol. The number of amides is 1. The van der Waals surface area contributed by atoms with Crippen LogP contribution in [-0.2, 0) is 6.54 Å². The van der Waals surface area contributed by atoms with Crippen molar-refractivity contribution >= 4 is 23.2 Å². The molecule has 0 aliphatic rings. The van der Waals surface area contributed by atoms with Crippen LogP contribution in [0.1, 0.15) is 21.7 Å². The molecule has 1 aromatic carbocycles. The second kappa shape index (κ2) is 9.72. The molecule has 0 saturated carbocycles. The maximum Gasteiger partial charge on any atom is 0.261 e. The third kappa shape index (κ3) is 5.70. The van der Waals surface area contributed by atoms with Crippen LogP contribution in [-0.4, -0.2) is 44.0 Å². The van der Waals surface area contributed by atoms with Crippen LogP contribution in [0.5, 0.6) is 0 Å². The fourth-order valence-corrected chi connectivity index (χ4v) is 2.94. The van der Waals surface area contributed by atoms with Crippen LogP contribution in [0.15, 0.2) is 52.8 Å². The molecule has 1 aromatic heterocycles. The molecule has 5 nitrogen and oxygen atoms in total. The molecule has 1 heterocycles. The molecule has 128 valence electrons. The number of carbonyl (C=O) groups excluding carboxylic acids is 1. The van der Waals surface area contributed by atoms with E-state index in [1.54, 1.807) is 7.05 Å². The average Bonchev–Trinajstić information content (AvgIpc) is 3.13. The lowest BCUT2D eigenvalue weighted by Crippen LogP contribution is -2.39. The number of rotatable bonds is 7. The van der Waals surface area contributed by atoms with Gasteiger partial charge in [0.05, 0.1) is 4.88 Å². The largest absolute Gasteiger partial charge is 0.356 e. The lowest BCUT2D eigenvalue weighted by Gasteiger charge is -2.22. The van der Waals surface area contributed by atoms with Gasteiger partial charge in [-0.05, 0) is 23.4 Å². The number of guanidine groups is 1. The van der Waals surface area contributed by atoms with Crippen molar-refractivity contribution in [1.29, 1.82) is 0 Å². The summed E-state index contributed by atoms with van der Waals surface area (Å²) in [4.78, 5) is 19.0. The number of hydrogen-bond acceptors (Lipinski definition) is 3. The van der Waals surface area contributed by atoms with Gasteiger partial charge in [-0.3, -0.25) is 9.79 Å². The average molecular weight is 344 g/mol. The molecule has 2 aromatic rings. The Labute approximate surface area is 147 Å². The number of carbonyl (C=O) groups is 1. The second-order valence-corrected chi connectivity index (χ2v) is 6.35. The number of thiophene rings is 1. The van der Waals surface area contributed by atoms with E-state index in [1.807, 2.05) is 42.8 Å². The summed E-state index contributed by atoms with van der Waals surface area (Å²) >= 11 is 1.45. The predicted molar refractivity (Wildman–Crippen MR) is 101 cm³/mol. The van der Waals surface area contributed by atoms with Gasteiger partial charge in [-0.1, -0.05) is 36.4 Å². The summed E-state index contributed by atoms with van der Waals surface area (Å²) in [6, 6.07) is 14.0. The van der Waals surface area contributed by atoms with E-state index < -0.39 is 0 Å². The van der Waals surface area contributed by atoms with Crippen LogP contribution in [0.3, 0.4) is 0 Å². The van der Waals surface area contributed by atoms with Gasteiger partial charge in [0, 0.05) is 33.7 Å². The van der Waals surface area contributed by atoms with Gasteiger partial charge in [0.1, 0.15) is 0 Å². The number of nitrogens with one attached hydrogen (secondary N) is 2. The molecule has 0 atom stereocenters. The number of hydrogen-bond donors (Lipinski definition) is 2. The Hall–Kier alpha value is -2.34. The summed E-state index contributed by atoms with van der Waals surface area (Å²) in [5.41, 5.74) is 1.24. The Morgan fingerprint density at radius 2 is 1.88 bits per heavy atom. The molecule has 0 aliphatic carbocycles. The van der Waals surface area contributed by atoms with Gasteiger partial charge in [-0.2, -0.15) is 0 Å². The minimum absolute atomic E-state index is 0.00409. The van der Waals surface area contributed by atoms with Crippen LogP contribution in [0.25, 0.3) is 0 Å². The molecule has 24 heavy (non-hydrogen) atoms. The first-order valence-corrected chi connectivity index (χ1v) is 8.86. The van der Waals surface area contributed by atoms with Gasteiger partial charge in [0.15, 0.2) is 5.96 Å². The van der Waals surface area contributed by atoms with Crippen molar-refractivity contribution in [3.05, 3.63) is 58.3 Å². The number of nitrogens with zero attached hydrogens (tertiary/aromatic N) is 2. The van der Waals surface area contributed by atoms with Crippen molar-refractivity contribution in [3.63, 3.8) is 0 Å². The Morgan fingerprint density at radius 3 is 2.54 bits per heavy atom. The Kier molecular flexibility index (Phi) is 7.29. The van der Waals surface area contributed by atoms with E-state index >= 15 is 0 Å². The van der Waals surface area contributed by atoms with Crippen molar-refractivity contribution in [2.45, 2.75) is 13.0 Å². The van der Waals surface area contributed by atoms with Crippen LogP contribution >= 0.6 is 11.3 Å². The van der Waals surface area contributed by atoms with Crippen molar-refractivity contribution < 1.29 is 4.79 Å². The number of benzene rings is 1. The summed E-state index contributed by atoms with van der Waals surface area (Å²) in [6.07, 6.45) is 0.843. The fourth-order valence-electron chi connectivity index (χ4n) is 2.30. The molecule has 0 radical (unpaired) electrons. The van der Waals surface area contributed by atoms with E-state index in [2.05, 4.69) is 32.7 Å². The normalized spacial score (nSPS) is 11.2. The van der Waals surface area contributed by atoms with Crippen molar-refractivity contribution in [1.82, 2.24) is 15.5 Å². The molecule has 2 N–H and O–H groups in total. The van der Waals surface area contributed by atoms with E-state index in [4.69, 9.17) is 0 Å². The van der Waals surface area contributed by atoms with Crippen molar-refractivity contribution in [2.75, 3.05) is 27.2 Å². The van der Waals surface area contributed by atoms with Crippen LogP contribution < -0.4 is 10.6 Å². The summed E-state index contributed by atoms with van der Waals surface area (Å²) in [6.45, 7) is 2.20. The van der Waals surface area contributed by atoms with Crippen molar-refractivity contribution in [2.24, 2.45) is 4.99 Å². The first-order valence-electron chi connectivity index (χ1n) is 7.98. The first-order chi connectivity index (χ1) is 11.7. The molecule has 2 rings (SSSR count). The third-order valence-electron chi connectivity index (χ3n) is 3.50. The smallest absolute Gasteiger partial charge is 0.261 e. The van der Waals surface area contributed by atoms with Gasteiger partial charge in [-0.25, -0.2) is 0 Å². The van der Waals surface area contributed by atoms with Crippen molar-refractivity contribution in [3.8, 4) is 0 Å². The molecule has 0 unspecified atom stereocenters. The maximum absolute atomic E-state index is 11.8. The summed E-state index contributed by atoms with van der Waals surface area (Å²) in [7, 11) is 3.79. The zero-order valence-electron chi connectivity index (χ0n) is 14.2. The van der Waals surface area contributed by atoms with Gasteiger partial charge in [0.2, 0.25) is 0 Å². The van der Waals surface area contributed by atoms with E-state index in [-0.39, 0.29) is 5.91 Å². The molecular weight excluding hydrogens is 320 g/mol. The molecular formula is C18H24N4OS. The van der Waals surface area contributed by atoms with Gasteiger partial charge >= 0.3 is 0 Å². The molecule has 0 saturated heterocycles. The highest BCUT2D eigenvalue weighted by atomic mass is 32.1. The van der Waals surface area contributed by atoms with E-state index in [1.165, 1.54) is 16.9 Å². The maximum atomic E-state index is 11.8. The lowest BCUT2D eigenvalue weighted by molar-refractivity contribution is 0.0957. The molecule has 0 spiro atoms.